The van der Waals surface area contributed by atoms with Gasteiger partial charge in [0.25, 0.3) is 0 Å². The summed E-state index contributed by atoms with van der Waals surface area (Å²) in [7, 11) is 6.41. The smallest absolute Gasteiger partial charge is 0.0229 e. The summed E-state index contributed by atoms with van der Waals surface area (Å²) < 4.78 is 0. The Bertz CT molecular complexity index is 147. The number of hydrogen-bond acceptors (Lipinski definition) is 3. The minimum absolute atomic E-state index is 0.791. The Morgan fingerprint density at radius 2 is 2.14 bits per heavy atom. The lowest BCUT2D eigenvalue weighted by Gasteiger charge is -2.20. The summed E-state index contributed by atoms with van der Waals surface area (Å²) in [6.07, 6.45) is 3.99. The molecular weight excluding hydrogens is 174 g/mol. The van der Waals surface area contributed by atoms with Crippen molar-refractivity contribution in [3.05, 3.63) is 0 Å². The van der Waals surface area contributed by atoms with E-state index in [0.29, 0.717) is 0 Å². The van der Waals surface area contributed by atoms with Crippen LogP contribution in [-0.2, 0) is 0 Å². The molecule has 0 aliphatic carbocycles. The van der Waals surface area contributed by atoms with Gasteiger partial charge in [-0.1, -0.05) is 0 Å². The van der Waals surface area contributed by atoms with Crippen molar-refractivity contribution >= 4 is 0 Å². The third-order valence-electron chi connectivity index (χ3n) is 3.13. The fraction of sp³-hybridized carbons (Fsp3) is 1.00. The lowest BCUT2D eigenvalue weighted by molar-refractivity contribution is 0.266. The van der Waals surface area contributed by atoms with Gasteiger partial charge in [0.05, 0.1) is 0 Å². The molecule has 14 heavy (non-hydrogen) atoms. The van der Waals surface area contributed by atoms with E-state index in [2.05, 4.69) is 29.2 Å². The number of rotatable bonds is 6. The van der Waals surface area contributed by atoms with Crippen molar-refractivity contribution in [2.45, 2.75) is 25.3 Å². The van der Waals surface area contributed by atoms with Crippen molar-refractivity contribution in [1.29, 1.82) is 0 Å². The Kier molecular flexibility index (Phi) is 5.45. The van der Waals surface area contributed by atoms with Crippen LogP contribution in [0.1, 0.15) is 19.3 Å². The topological polar surface area (TPSA) is 18.5 Å². The third kappa shape index (κ3) is 3.95. The van der Waals surface area contributed by atoms with Crippen LogP contribution in [0, 0.1) is 0 Å². The van der Waals surface area contributed by atoms with Crippen LogP contribution in [0.15, 0.2) is 0 Å². The van der Waals surface area contributed by atoms with Gasteiger partial charge in [-0.15, -0.1) is 0 Å². The maximum atomic E-state index is 3.19. The van der Waals surface area contributed by atoms with E-state index < -0.39 is 0 Å². The van der Waals surface area contributed by atoms with Gasteiger partial charge < -0.3 is 15.1 Å². The number of unbranched alkanes of at least 4 members (excludes halogenated alkanes) is 1. The molecule has 1 atom stereocenters. The Morgan fingerprint density at radius 3 is 2.71 bits per heavy atom. The van der Waals surface area contributed by atoms with E-state index in [1.807, 2.05) is 7.05 Å². The maximum absolute atomic E-state index is 3.19. The van der Waals surface area contributed by atoms with Crippen LogP contribution >= 0.6 is 0 Å². The minimum atomic E-state index is 0.791. The number of hydrogen-bond donors (Lipinski definition) is 1. The van der Waals surface area contributed by atoms with Crippen LogP contribution in [0.25, 0.3) is 0 Å². The first-order valence-electron chi connectivity index (χ1n) is 5.77. The summed E-state index contributed by atoms with van der Waals surface area (Å²) in [6, 6.07) is 0.791. The van der Waals surface area contributed by atoms with Gasteiger partial charge in [0.15, 0.2) is 0 Å². The quantitative estimate of drug-likeness (QED) is 0.633. The minimum Gasteiger partial charge on any atom is -0.320 e. The summed E-state index contributed by atoms with van der Waals surface area (Å²) in [6.45, 7) is 5.01. The molecule has 3 heteroatoms. The summed E-state index contributed by atoms with van der Waals surface area (Å²) in [5.74, 6) is 0. The van der Waals surface area contributed by atoms with Gasteiger partial charge in [0, 0.05) is 12.6 Å². The molecule has 0 radical (unpaired) electrons. The van der Waals surface area contributed by atoms with Gasteiger partial charge in [-0.2, -0.15) is 0 Å². The Hall–Kier alpha value is -0.120. The molecule has 1 fully saturated rings. The Labute approximate surface area is 88.5 Å². The monoisotopic (exact) mass is 199 g/mol. The summed E-state index contributed by atoms with van der Waals surface area (Å²) in [4.78, 5) is 4.95. The summed E-state index contributed by atoms with van der Waals surface area (Å²) >= 11 is 0. The van der Waals surface area contributed by atoms with Crippen LogP contribution in [-0.4, -0.2) is 63.2 Å². The first kappa shape index (κ1) is 12.0. The molecule has 3 nitrogen and oxygen atoms in total. The molecule has 1 heterocycles. The van der Waals surface area contributed by atoms with E-state index in [1.165, 1.54) is 38.9 Å². The van der Waals surface area contributed by atoms with Gasteiger partial charge in [-0.3, -0.25) is 0 Å². The average molecular weight is 199 g/mol. The summed E-state index contributed by atoms with van der Waals surface area (Å²) in [5.41, 5.74) is 0. The zero-order valence-electron chi connectivity index (χ0n) is 9.92. The van der Waals surface area contributed by atoms with E-state index >= 15 is 0 Å². The van der Waals surface area contributed by atoms with Gasteiger partial charge in [0.2, 0.25) is 0 Å². The SMILES string of the molecule is CNCCCCN1CCC(N(C)C)C1. The van der Waals surface area contributed by atoms with Crippen LogP contribution < -0.4 is 5.32 Å². The molecule has 1 N–H and O–H groups in total. The highest BCUT2D eigenvalue weighted by Gasteiger charge is 2.22. The van der Waals surface area contributed by atoms with Gasteiger partial charge in [-0.05, 0) is 60.0 Å². The van der Waals surface area contributed by atoms with Gasteiger partial charge in [0.1, 0.15) is 0 Å². The molecule has 1 saturated heterocycles. The van der Waals surface area contributed by atoms with Crippen molar-refractivity contribution in [2.24, 2.45) is 0 Å². The van der Waals surface area contributed by atoms with E-state index in [-0.39, 0.29) is 0 Å². The zero-order chi connectivity index (χ0) is 10.4. The van der Waals surface area contributed by atoms with E-state index in [1.54, 1.807) is 0 Å². The number of likely N-dealkylation sites (N-methyl/N-ethyl adjacent to an activating group) is 1. The first-order chi connectivity index (χ1) is 6.74. The highest BCUT2D eigenvalue weighted by Crippen LogP contribution is 2.13. The standard InChI is InChI=1S/C11H25N3/c1-12-7-4-5-8-14-9-6-11(10-14)13(2)3/h11-12H,4-10H2,1-3H3. The molecule has 0 aromatic heterocycles. The fourth-order valence-corrected chi connectivity index (χ4v) is 2.07. The molecular formula is C11H25N3. The average Bonchev–Trinajstić information content (AvgIpc) is 2.61. The highest BCUT2D eigenvalue weighted by molar-refractivity contribution is 4.80. The molecule has 1 unspecified atom stereocenters. The molecule has 84 valence electrons. The molecule has 1 rings (SSSR count). The first-order valence-corrected chi connectivity index (χ1v) is 5.77. The number of nitrogens with one attached hydrogen (secondary N) is 1. The predicted octanol–water partition coefficient (Wildman–Crippen LogP) is 0.622. The van der Waals surface area contributed by atoms with Gasteiger partial charge >= 0.3 is 0 Å². The van der Waals surface area contributed by atoms with E-state index in [0.717, 1.165) is 12.6 Å². The molecule has 0 bridgehead atoms. The highest BCUT2D eigenvalue weighted by atomic mass is 15.2. The zero-order valence-corrected chi connectivity index (χ0v) is 9.92. The van der Waals surface area contributed by atoms with Crippen LogP contribution in [0.2, 0.25) is 0 Å². The van der Waals surface area contributed by atoms with Crippen molar-refractivity contribution in [2.75, 3.05) is 47.3 Å². The molecule has 0 spiro atoms. The molecule has 1 aliphatic rings. The van der Waals surface area contributed by atoms with Gasteiger partial charge in [-0.25, -0.2) is 0 Å². The lowest BCUT2D eigenvalue weighted by atomic mass is 10.2. The van der Waals surface area contributed by atoms with Crippen molar-refractivity contribution < 1.29 is 0 Å². The second-order valence-electron chi connectivity index (χ2n) is 4.52. The fourth-order valence-electron chi connectivity index (χ4n) is 2.07. The lowest BCUT2D eigenvalue weighted by Crippen LogP contribution is -2.32. The molecule has 0 saturated carbocycles. The van der Waals surface area contributed by atoms with Crippen LogP contribution in [0.5, 0.6) is 0 Å². The number of likely N-dealkylation sites (tertiary alicyclic amines) is 1. The molecule has 1 aliphatic heterocycles. The third-order valence-corrected chi connectivity index (χ3v) is 3.13. The van der Waals surface area contributed by atoms with Crippen molar-refractivity contribution in [3.8, 4) is 0 Å². The van der Waals surface area contributed by atoms with Crippen molar-refractivity contribution in [3.63, 3.8) is 0 Å². The Morgan fingerprint density at radius 1 is 1.36 bits per heavy atom. The van der Waals surface area contributed by atoms with E-state index in [9.17, 15) is 0 Å². The second-order valence-corrected chi connectivity index (χ2v) is 4.52. The molecule has 0 aromatic rings. The number of nitrogens with zero attached hydrogens (tertiary/aromatic N) is 2. The predicted molar refractivity (Wildman–Crippen MR) is 61.7 cm³/mol. The normalized spacial score (nSPS) is 23.6. The maximum Gasteiger partial charge on any atom is 0.0229 e. The van der Waals surface area contributed by atoms with Crippen molar-refractivity contribution in [1.82, 2.24) is 15.1 Å². The van der Waals surface area contributed by atoms with Crippen LogP contribution in [0.3, 0.4) is 0 Å². The van der Waals surface area contributed by atoms with E-state index in [4.69, 9.17) is 0 Å². The largest absolute Gasteiger partial charge is 0.320 e. The Balaban J connectivity index is 2.04. The summed E-state index contributed by atoms with van der Waals surface area (Å²) in [5, 5.41) is 3.19. The molecule has 0 amide bonds. The van der Waals surface area contributed by atoms with Crippen LogP contribution in [0.4, 0.5) is 0 Å². The second kappa shape index (κ2) is 6.38. The molecule has 0 aromatic carbocycles.